The van der Waals surface area contributed by atoms with Crippen LogP contribution in [0.2, 0.25) is 0 Å². The van der Waals surface area contributed by atoms with Gasteiger partial charge in [-0.15, -0.1) is 0 Å². The lowest BCUT2D eigenvalue weighted by atomic mass is 9.34. The van der Waals surface area contributed by atoms with E-state index in [9.17, 15) is 0 Å². The van der Waals surface area contributed by atoms with E-state index in [1.54, 1.807) is 0 Å². The van der Waals surface area contributed by atoms with E-state index in [1.165, 1.54) is 43.1 Å². The van der Waals surface area contributed by atoms with E-state index in [2.05, 4.69) is 209 Å². The zero-order valence-electron chi connectivity index (χ0n) is 31.9. The van der Waals surface area contributed by atoms with Gasteiger partial charge in [-0.3, -0.25) is 0 Å². The number of rotatable bonds is 3. The molecule has 0 atom stereocenters. The van der Waals surface area contributed by atoms with Crippen molar-refractivity contribution in [1.29, 1.82) is 0 Å². The number of hydrogen-bond acceptors (Lipinski definition) is 1. The van der Waals surface area contributed by atoms with Crippen molar-refractivity contribution in [1.82, 2.24) is 9.13 Å². The Bertz CT molecular complexity index is 3710. The van der Waals surface area contributed by atoms with Gasteiger partial charge < -0.3 is 13.9 Å². The highest BCUT2D eigenvalue weighted by atomic mass is 16.1. The summed E-state index contributed by atoms with van der Waals surface area (Å²) in [6, 6.07) is 71.7. The fraction of sp³-hybridized carbons (Fsp3) is 0. The van der Waals surface area contributed by atoms with E-state index in [4.69, 9.17) is 0 Å². The Morgan fingerprint density at radius 2 is 0.746 bits per heavy atom. The fourth-order valence-corrected chi connectivity index (χ4v) is 10.4. The third kappa shape index (κ3) is 4.51. The van der Waals surface area contributed by atoms with Crippen LogP contribution in [0.25, 0.3) is 98.4 Å². The third-order valence-corrected chi connectivity index (χ3v) is 12.9. The maximum Gasteiger partial charge on any atom is 0.295 e. The third-order valence-electron chi connectivity index (χ3n) is 12.9. The van der Waals surface area contributed by atoms with E-state index in [-0.39, 0.29) is 5.68 Å². The summed E-state index contributed by atoms with van der Waals surface area (Å²) in [7, 11) is 0. The Kier molecular flexibility index (Phi) is 6.68. The molecule has 0 saturated heterocycles. The van der Waals surface area contributed by atoms with Gasteiger partial charge in [0.25, 0.3) is 6.71 Å². The molecule has 13 rings (SSSR count). The summed E-state index contributed by atoms with van der Waals surface area (Å²) < 4.78 is 4.67. The van der Waals surface area contributed by atoms with Gasteiger partial charge in [-0.1, -0.05) is 150 Å². The van der Waals surface area contributed by atoms with Gasteiger partial charge in [0.15, 0.2) is 0 Å². The monoisotopic (exact) mass is 748 g/mol. The Hall–Kier alpha value is -7.69. The second-order valence-electron chi connectivity index (χ2n) is 15.9. The first-order valence-electron chi connectivity index (χ1n) is 20.3. The molecular formula is C55H33BN2O. The molecule has 0 saturated carbocycles. The summed E-state index contributed by atoms with van der Waals surface area (Å²) in [5.74, 6) is 0. The maximum absolute atomic E-state index is 15.7. The minimum atomic E-state index is -0.522. The van der Waals surface area contributed by atoms with Crippen molar-refractivity contribution in [2.45, 2.75) is 0 Å². The second kappa shape index (κ2) is 12.2. The van der Waals surface area contributed by atoms with Crippen LogP contribution in [0, 0.1) is 0 Å². The van der Waals surface area contributed by atoms with Gasteiger partial charge in [0, 0.05) is 38.5 Å². The second-order valence-corrected chi connectivity index (χ2v) is 15.9. The van der Waals surface area contributed by atoms with Gasteiger partial charge in [0.1, 0.15) is 5.68 Å². The van der Waals surface area contributed by atoms with Gasteiger partial charge in [0.2, 0.25) is 0 Å². The van der Waals surface area contributed by atoms with Gasteiger partial charge >= 0.3 is 0 Å². The lowest BCUT2D eigenvalue weighted by Gasteiger charge is -2.26. The average molecular weight is 749 g/mol. The minimum Gasteiger partial charge on any atom is -0.309 e. The van der Waals surface area contributed by atoms with Crippen LogP contribution in [0.3, 0.4) is 0 Å². The predicted molar refractivity (Wildman–Crippen MR) is 249 cm³/mol. The molecule has 1 aliphatic rings. The Morgan fingerprint density at radius 3 is 1.31 bits per heavy atom. The topological polar surface area (TPSA) is 26.9 Å². The normalized spacial score (nSPS) is 12.7. The number of para-hydroxylation sites is 4. The molecule has 0 aliphatic carbocycles. The molecule has 10 aromatic carbocycles. The molecular weight excluding hydrogens is 715 g/mol. The average Bonchev–Trinajstić information content (AvgIpc) is 3.80. The van der Waals surface area contributed by atoms with Crippen LogP contribution >= 0.6 is 0 Å². The van der Waals surface area contributed by atoms with E-state index < -0.39 is 6.71 Å². The van der Waals surface area contributed by atoms with Crippen molar-refractivity contribution < 1.29 is 4.79 Å². The Morgan fingerprint density at radius 1 is 0.305 bits per heavy atom. The summed E-state index contributed by atoms with van der Waals surface area (Å²) in [5, 5.41) is 11.9. The van der Waals surface area contributed by atoms with E-state index in [0.717, 1.165) is 71.8 Å². The van der Waals surface area contributed by atoms with Crippen molar-refractivity contribution in [3.63, 3.8) is 0 Å². The van der Waals surface area contributed by atoms with Crippen LogP contribution in [-0.2, 0) is 0 Å². The molecule has 12 aromatic rings. The summed E-state index contributed by atoms with van der Waals surface area (Å²) in [4.78, 5) is 15.7. The fourth-order valence-electron chi connectivity index (χ4n) is 10.4. The van der Waals surface area contributed by atoms with Crippen molar-refractivity contribution in [2.75, 3.05) is 0 Å². The summed E-state index contributed by atoms with van der Waals surface area (Å²) >= 11 is 0. The SMILES string of the molecule is O=C1B(c2ccc3c4ccccc4c4ccccc4c3c2)c2cc3c(cc2-c2cc4c5ccccc5n(-c5ccccc5)c4cc21)c1ccccc1n3-c1ccccc1. The number of benzene rings is 10. The zero-order valence-corrected chi connectivity index (χ0v) is 31.9. The van der Waals surface area contributed by atoms with E-state index in [1.807, 2.05) is 0 Å². The molecule has 0 fully saturated rings. The standard InChI is InChI=1S/C55H33BN2O/c59-55-49-32-53-47(42-23-11-13-25-51(42)57(53)35-15-3-1-4-16-35)30-45(49)46-31-48-43-24-12-14-26-52(43)58(36-17-5-2-6-18-36)54(48)33-50(46)56(55)34-27-28-41-39-21-8-7-19-37(39)38-20-9-10-22-40(38)44(41)29-34/h1-33H. The van der Waals surface area contributed by atoms with Gasteiger partial charge in [0.05, 0.1) is 22.1 Å². The highest BCUT2D eigenvalue weighted by Crippen LogP contribution is 2.42. The Labute approximate surface area is 340 Å². The zero-order chi connectivity index (χ0) is 38.8. The van der Waals surface area contributed by atoms with E-state index >= 15 is 4.79 Å². The smallest absolute Gasteiger partial charge is 0.295 e. The molecule has 0 spiro atoms. The molecule has 0 amide bonds. The van der Waals surface area contributed by atoms with Crippen LogP contribution in [0.15, 0.2) is 200 Å². The summed E-state index contributed by atoms with van der Waals surface area (Å²) in [6.07, 6.45) is 0. The molecule has 3 heterocycles. The predicted octanol–water partition coefficient (Wildman–Crippen LogP) is 12.4. The molecule has 1 aliphatic heterocycles. The molecule has 0 radical (unpaired) electrons. The van der Waals surface area contributed by atoms with Gasteiger partial charge in [-0.2, -0.15) is 0 Å². The van der Waals surface area contributed by atoms with Crippen molar-refractivity contribution in [3.8, 4) is 22.5 Å². The summed E-state index contributed by atoms with van der Waals surface area (Å²) in [5.41, 5.74) is 11.6. The molecule has 59 heavy (non-hydrogen) atoms. The number of nitrogens with zero attached hydrogens (tertiary/aromatic N) is 2. The largest absolute Gasteiger partial charge is 0.309 e. The van der Waals surface area contributed by atoms with E-state index in [0.29, 0.717) is 0 Å². The first-order valence-corrected chi connectivity index (χ1v) is 20.3. The first kappa shape index (κ1) is 32.4. The maximum atomic E-state index is 15.7. The summed E-state index contributed by atoms with van der Waals surface area (Å²) in [6.45, 7) is -0.522. The molecule has 272 valence electrons. The number of fused-ring (bicyclic) bond motifs is 15. The van der Waals surface area contributed by atoms with Crippen LogP contribution in [0.5, 0.6) is 0 Å². The van der Waals surface area contributed by atoms with Crippen molar-refractivity contribution in [3.05, 3.63) is 206 Å². The highest BCUT2D eigenvalue weighted by molar-refractivity contribution is 7.11. The molecule has 2 aromatic heterocycles. The molecule has 0 bridgehead atoms. The van der Waals surface area contributed by atoms with Crippen molar-refractivity contribution in [2.24, 2.45) is 0 Å². The van der Waals surface area contributed by atoms with Crippen LogP contribution in [0.1, 0.15) is 10.4 Å². The molecule has 4 heteroatoms. The van der Waals surface area contributed by atoms with Gasteiger partial charge in [-0.25, -0.2) is 0 Å². The molecule has 0 N–H and O–H groups in total. The minimum absolute atomic E-state index is 0.116. The van der Waals surface area contributed by atoms with Crippen LogP contribution in [-0.4, -0.2) is 21.5 Å². The number of carbonyl (C=O) groups is 1. The molecule has 3 nitrogen and oxygen atoms in total. The lowest BCUT2D eigenvalue weighted by molar-refractivity contribution is 0.107. The Balaban J connectivity index is 1.15. The van der Waals surface area contributed by atoms with Crippen LogP contribution in [0.4, 0.5) is 0 Å². The number of carbonyl (C=O) groups excluding carboxylic acids is 1. The molecule has 0 unspecified atom stereocenters. The number of hydrogen-bond donors (Lipinski definition) is 0. The lowest BCUT2D eigenvalue weighted by Crippen LogP contribution is -2.52. The number of aromatic nitrogens is 2. The van der Waals surface area contributed by atoms with Gasteiger partial charge in [-0.05, 0) is 104 Å². The quantitative estimate of drug-likeness (QED) is 0.131. The van der Waals surface area contributed by atoms with Crippen LogP contribution < -0.4 is 10.9 Å². The van der Waals surface area contributed by atoms with Crippen molar-refractivity contribution >= 4 is 99.3 Å². The highest BCUT2D eigenvalue weighted by Gasteiger charge is 2.39. The first-order chi connectivity index (χ1) is 29.2.